The number of benzene rings is 1. The molecule has 1 atom stereocenters. The van der Waals surface area contributed by atoms with Gasteiger partial charge in [0.15, 0.2) is 0 Å². The molecule has 0 saturated heterocycles. The third kappa shape index (κ3) is 3.15. The Morgan fingerprint density at radius 1 is 1.29 bits per heavy atom. The third-order valence-corrected chi connectivity index (χ3v) is 2.66. The van der Waals surface area contributed by atoms with Crippen LogP contribution >= 0.6 is 0 Å². The zero-order valence-electron chi connectivity index (χ0n) is 9.76. The SMILES string of the molecule is CC(O)(CNCc1ccno1)c1ccccc1. The smallest absolute Gasteiger partial charge is 0.150 e. The lowest BCUT2D eigenvalue weighted by Gasteiger charge is -2.24. The molecule has 0 aliphatic rings. The number of nitrogens with one attached hydrogen (secondary N) is 1. The quantitative estimate of drug-likeness (QED) is 0.823. The monoisotopic (exact) mass is 232 g/mol. The predicted molar refractivity (Wildman–Crippen MR) is 64.2 cm³/mol. The predicted octanol–water partition coefficient (Wildman–Crippen LogP) is 1.67. The molecule has 0 bridgehead atoms. The molecule has 4 nitrogen and oxygen atoms in total. The van der Waals surface area contributed by atoms with Crippen LogP contribution in [-0.2, 0) is 12.1 Å². The topological polar surface area (TPSA) is 58.3 Å². The molecule has 2 N–H and O–H groups in total. The highest BCUT2D eigenvalue weighted by atomic mass is 16.5. The standard InChI is InChI=1S/C13H16N2O2/c1-13(16,11-5-3-2-4-6-11)10-14-9-12-7-8-15-17-12/h2-8,14,16H,9-10H2,1H3. The maximum absolute atomic E-state index is 10.3. The van der Waals surface area contributed by atoms with Crippen LogP contribution in [0.3, 0.4) is 0 Å². The Bertz CT molecular complexity index is 438. The lowest BCUT2D eigenvalue weighted by molar-refractivity contribution is 0.0560. The van der Waals surface area contributed by atoms with Gasteiger partial charge in [-0.15, -0.1) is 0 Å². The van der Waals surface area contributed by atoms with E-state index in [1.165, 1.54) is 0 Å². The lowest BCUT2D eigenvalue weighted by atomic mass is 9.96. The van der Waals surface area contributed by atoms with Crippen molar-refractivity contribution in [1.29, 1.82) is 0 Å². The molecule has 2 aromatic rings. The zero-order valence-corrected chi connectivity index (χ0v) is 9.76. The molecule has 1 aromatic heterocycles. The molecule has 1 heterocycles. The van der Waals surface area contributed by atoms with Gasteiger partial charge in [0, 0.05) is 12.6 Å². The van der Waals surface area contributed by atoms with E-state index in [4.69, 9.17) is 4.52 Å². The summed E-state index contributed by atoms with van der Waals surface area (Å²) in [5.41, 5.74) is 0.00597. The summed E-state index contributed by atoms with van der Waals surface area (Å²) in [5.74, 6) is 0.758. The molecule has 0 amide bonds. The molecule has 0 saturated carbocycles. The number of aromatic nitrogens is 1. The number of nitrogens with zero attached hydrogens (tertiary/aromatic N) is 1. The Morgan fingerprint density at radius 3 is 2.71 bits per heavy atom. The van der Waals surface area contributed by atoms with Gasteiger partial charge in [-0.05, 0) is 12.5 Å². The minimum absolute atomic E-state index is 0.456. The van der Waals surface area contributed by atoms with E-state index in [9.17, 15) is 5.11 Å². The number of aliphatic hydroxyl groups is 1. The Hall–Kier alpha value is -1.65. The summed E-state index contributed by atoms with van der Waals surface area (Å²) in [6.45, 7) is 2.80. The first-order chi connectivity index (χ1) is 8.18. The van der Waals surface area contributed by atoms with Gasteiger partial charge in [-0.1, -0.05) is 35.5 Å². The molecule has 2 rings (SSSR count). The summed E-state index contributed by atoms with van der Waals surface area (Å²) >= 11 is 0. The molecule has 4 heteroatoms. The molecule has 0 radical (unpaired) electrons. The molecule has 90 valence electrons. The number of hydrogen-bond acceptors (Lipinski definition) is 4. The summed E-state index contributed by atoms with van der Waals surface area (Å²) in [7, 11) is 0. The summed E-state index contributed by atoms with van der Waals surface area (Å²) < 4.78 is 4.96. The highest BCUT2D eigenvalue weighted by Gasteiger charge is 2.22. The van der Waals surface area contributed by atoms with Crippen LogP contribution in [0, 0.1) is 0 Å². The van der Waals surface area contributed by atoms with Gasteiger partial charge in [-0.25, -0.2) is 0 Å². The van der Waals surface area contributed by atoms with Crippen LogP contribution in [0.25, 0.3) is 0 Å². The summed E-state index contributed by atoms with van der Waals surface area (Å²) in [4.78, 5) is 0. The number of rotatable bonds is 5. The van der Waals surface area contributed by atoms with Gasteiger partial charge in [0.05, 0.1) is 18.3 Å². The molecule has 0 spiro atoms. The van der Waals surface area contributed by atoms with Gasteiger partial charge in [0.2, 0.25) is 0 Å². The Morgan fingerprint density at radius 2 is 2.06 bits per heavy atom. The van der Waals surface area contributed by atoms with Gasteiger partial charge >= 0.3 is 0 Å². The molecule has 1 aromatic carbocycles. The van der Waals surface area contributed by atoms with Crippen molar-refractivity contribution < 1.29 is 9.63 Å². The first-order valence-corrected chi connectivity index (χ1v) is 5.57. The molecule has 1 unspecified atom stereocenters. The van der Waals surface area contributed by atoms with Crippen molar-refractivity contribution >= 4 is 0 Å². The van der Waals surface area contributed by atoms with Crippen LogP contribution < -0.4 is 5.32 Å². The average molecular weight is 232 g/mol. The van der Waals surface area contributed by atoms with Gasteiger partial charge in [0.25, 0.3) is 0 Å². The number of hydrogen-bond donors (Lipinski definition) is 2. The second-order valence-electron chi connectivity index (χ2n) is 4.22. The largest absolute Gasteiger partial charge is 0.384 e. The van der Waals surface area contributed by atoms with E-state index in [0.717, 1.165) is 11.3 Å². The molecule has 0 aliphatic heterocycles. The summed E-state index contributed by atoms with van der Waals surface area (Å²) in [6.07, 6.45) is 1.60. The maximum Gasteiger partial charge on any atom is 0.150 e. The van der Waals surface area contributed by atoms with E-state index in [1.807, 2.05) is 30.3 Å². The van der Waals surface area contributed by atoms with Crippen molar-refractivity contribution in [1.82, 2.24) is 10.5 Å². The Balaban J connectivity index is 1.90. The fraction of sp³-hybridized carbons (Fsp3) is 0.308. The zero-order chi connectivity index (χ0) is 12.1. The lowest BCUT2D eigenvalue weighted by Crippen LogP contribution is -2.35. The maximum atomic E-state index is 10.3. The van der Waals surface area contributed by atoms with Crippen molar-refractivity contribution in [2.24, 2.45) is 0 Å². The first kappa shape index (κ1) is 11.8. The Kier molecular flexibility index (Phi) is 3.56. The van der Waals surface area contributed by atoms with E-state index >= 15 is 0 Å². The van der Waals surface area contributed by atoms with Gasteiger partial charge in [0.1, 0.15) is 5.76 Å². The normalized spacial score (nSPS) is 14.5. The minimum Gasteiger partial charge on any atom is -0.384 e. The fourth-order valence-corrected chi connectivity index (χ4v) is 1.66. The van der Waals surface area contributed by atoms with Crippen LogP contribution in [0.5, 0.6) is 0 Å². The van der Waals surface area contributed by atoms with Crippen molar-refractivity contribution in [3.05, 3.63) is 53.9 Å². The van der Waals surface area contributed by atoms with Crippen LogP contribution in [0.2, 0.25) is 0 Å². The van der Waals surface area contributed by atoms with Crippen molar-refractivity contribution in [3.63, 3.8) is 0 Å². The van der Waals surface area contributed by atoms with Crippen molar-refractivity contribution in [3.8, 4) is 0 Å². The van der Waals surface area contributed by atoms with E-state index in [0.29, 0.717) is 13.1 Å². The average Bonchev–Trinajstić information content (AvgIpc) is 2.83. The molecule has 0 fully saturated rings. The molecule has 0 aliphatic carbocycles. The summed E-state index contributed by atoms with van der Waals surface area (Å²) in [5, 5.41) is 17.1. The highest BCUT2D eigenvalue weighted by molar-refractivity contribution is 5.21. The van der Waals surface area contributed by atoms with E-state index in [1.54, 1.807) is 19.2 Å². The van der Waals surface area contributed by atoms with Crippen LogP contribution in [0.4, 0.5) is 0 Å². The highest BCUT2D eigenvalue weighted by Crippen LogP contribution is 2.18. The van der Waals surface area contributed by atoms with Crippen LogP contribution in [-0.4, -0.2) is 16.8 Å². The van der Waals surface area contributed by atoms with Crippen LogP contribution in [0.1, 0.15) is 18.2 Å². The third-order valence-electron chi connectivity index (χ3n) is 2.66. The van der Waals surface area contributed by atoms with Crippen LogP contribution in [0.15, 0.2) is 47.1 Å². The van der Waals surface area contributed by atoms with E-state index < -0.39 is 5.60 Å². The van der Waals surface area contributed by atoms with Gasteiger partial charge in [-0.3, -0.25) is 0 Å². The van der Waals surface area contributed by atoms with Gasteiger partial charge in [-0.2, -0.15) is 0 Å². The van der Waals surface area contributed by atoms with E-state index in [-0.39, 0.29) is 0 Å². The second-order valence-corrected chi connectivity index (χ2v) is 4.22. The summed E-state index contributed by atoms with van der Waals surface area (Å²) in [6, 6.07) is 11.4. The van der Waals surface area contributed by atoms with Gasteiger partial charge < -0.3 is 14.9 Å². The van der Waals surface area contributed by atoms with Crippen molar-refractivity contribution in [2.45, 2.75) is 19.1 Å². The molecular formula is C13H16N2O2. The van der Waals surface area contributed by atoms with Crippen molar-refractivity contribution in [2.75, 3.05) is 6.54 Å². The molecular weight excluding hydrogens is 216 g/mol. The minimum atomic E-state index is -0.888. The second kappa shape index (κ2) is 5.12. The van der Waals surface area contributed by atoms with E-state index in [2.05, 4.69) is 10.5 Å². The first-order valence-electron chi connectivity index (χ1n) is 5.57. The fourth-order valence-electron chi connectivity index (χ4n) is 1.66. The molecule has 17 heavy (non-hydrogen) atoms. The Labute approximate surface area is 100 Å².